The van der Waals surface area contributed by atoms with Gasteiger partial charge >= 0.3 is 0 Å². The highest BCUT2D eigenvalue weighted by atomic mass is 35.5. The third-order valence-electron chi connectivity index (χ3n) is 2.68. The summed E-state index contributed by atoms with van der Waals surface area (Å²) in [5, 5.41) is -0.0330. The number of carbonyl (C=O) groups is 1. The van der Waals surface area contributed by atoms with Crippen molar-refractivity contribution >= 4 is 29.9 Å². The van der Waals surface area contributed by atoms with Gasteiger partial charge in [0.1, 0.15) is 5.82 Å². The SMILES string of the molecule is Cl.N[C@H]1CCN(C(=O)c2ccc(F)c(Cl)c2)C1. The predicted octanol–water partition coefficient (Wildman–Crippen LogP) is 2.07. The maximum Gasteiger partial charge on any atom is 0.253 e. The van der Waals surface area contributed by atoms with Gasteiger partial charge in [0.25, 0.3) is 5.91 Å². The van der Waals surface area contributed by atoms with Gasteiger partial charge in [0.2, 0.25) is 0 Å². The standard InChI is InChI=1S/C11H12ClFN2O.ClH/c12-9-5-7(1-2-10(9)13)11(16)15-4-3-8(14)6-15;/h1-2,5,8H,3-4,6,14H2;1H/t8-;/m0./s1. The molecule has 6 heteroatoms. The lowest BCUT2D eigenvalue weighted by molar-refractivity contribution is 0.0791. The summed E-state index contributed by atoms with van der Waals surface area (Å²) in [6.07, 6.45) is 0.806. The third kappa shape index (κ3) is 3.09. The lowest BCUT2D eigenvalue weighted by atomic mass is 10.2. The first kappa shape index (κ1) is 14.2. The van der Waals surface area contributed by atoms with Crippen LogP contribution in [0.1, 0.15) is 16.8 Å². The molecule has 3 nitrogen and oxygen atoms in total. The molecule has 0 radical (unpaired) electrons. The van der Waals surface area contributed by atoms with Crippen LogP contribution < -0.4 is 5.73 Å². The minimum Gasteiger partial charge on any atom is -0.337 e. The largest absolute Gasteiger partial charge is 0.337 e. The molecule has 1 atom stereocenters. The fourth-order valence-corrected chi connectivity index (χ4v) is 1.96. The van der Waals surface area contributed by atoms with Crippen LogP contribution in [0.4, 0.5) is 4.39 Å². The Balaban J connectivity index is 0.00000144. The van der Waals surface area contributed by atoms with Gasteiger partial charge in [0.05, 0.1) is 5.02 Å². The van der Waals surface area contributed by atoms with Crippen molar-refractivity contribution in [2.45, 2.75) is 12.5 Å². The first-order valence-corrected chi connectivity index (χ1v) is 5.45. The molecule has 17 heavy (non-hydrogen) atoms. The first-order chi connectivity index (χ1) is 7.58. The smallest absolute Gasteiger partial charge is 0.253 e. The van der Waals surface area contributed by atoms with Crippen molar-refractivity contribution in [1.29, 1.82) is 0 Å². The van der Waals surface area contributed by atoms with E-state index in [1.807, 2.05) is 0 Å². The van der Waals surface area contributed by atoms with Crippen LogP contribution in [0.25, 0.3) is 0 Å². The molecule has 1 heterocycles. The third-order valence-corrected chi connectivity index (χ3v) is 2.97. The Hall–Kier alpha value is -0.840. The number of rotatable bonds is 1. The van der Waals surface area contributed by atoms with Crippen molar-refractivity contribution in [3.8, 4) is 0 Å². The Morgan fingerprint density at radius 2 is 2.24 bits per heavy atom. The van der Waals surface area contributed by atoms with E-state index >= 15 is 0 Å². The molecular weight excluding hydrogens is 266 g/mol. The van der Waals surface area contributed by atoms with Gasteiger partial charge in [0, 0.05) is 24.7 Å². The zero-order valence-electron chi connectivity index (χ0n) is 9.03. The van der Waals surface area contributed by atoms with Crippen molar-refractivity contribution < 1.29 is 9.18 Å². The molecule has 1 aromatic carbocycles. The quantitative estimate of drug-likeness (QED) is 0.855. The van der Waals surface area contributed by atoms with Crippen LogP contribution in [0.15, 0.2) is 18.2 Å². The van der Waals surface area contributed by atoms with E-state index in [2.05, 4.69) is 0 Å². The summed E-state index contributed by atoms with van der Waals surface area (Å²) in [4.78, 5) is 13.6. The lowest BCUT2D eigenvalue weighted by Gasteiger charge is -2.15. The van der Waals surface area contributed by atoms with E-state index in [9.17, 15) is 9.18 Å². The maximum atomic E-state index is 12.9. The van der Waals surface area contributed by atoms with Gasteiger partial charge in [-0.05, 0) is 24.6 Å². The molecule has 1 saturated heterocycles. The Labute approximate surface area is 110 Å². The van der Waals surface area contributed by atoms with Crippen LogP contribution in [-0.2, 0) is 0 Å². The second-order valence-corrected chi connectivity index (χ2v) is 4.34. The minimum absolute atomic E-state index is 0. The summed E-state index contributed by atoms with van der Waals surface area (Å²) < 4.78 is 12.9. The molecule has 1 amide bonds. The molecule has 0 bridgehead atoms. The monoisotopic (exact) mass is 278 g/mol. The van der Waals surface area contributed by atoms with Crippen molar-refractivity contribution in [3.05, 3.63) is 34.6 Å². The Kier molecular flexibility index (Phi) is 4.74. The summed E-state index contributed by atoms with van der Waals surface area (Å²) in [5.74, 6) is -0.661. The van der Waals surface area contributed by atoms with Gasteiger partial charge in [-0.25, -0.2) is 4.39 Å². The molecule has 0 unspecified atom stereocenters. The predicted molar refractivity (Wildman–Crippen MR) is 67.2 cm³/mol. The molecule has 0 saturated carbocycles. The van der Waals surface area contributed by atoms with Crippen molar-refractivity contribution in [1.82, 2.24) is 4.90 Å². The molecule has 2 rings (SSSR count). The van der Waals surface area contributed by atoms with E-state index in [4.69, 9.17) is 17.3 Å². The molecule has 1 fully saturated rings. The number of nitrogens with two attached hydrogens (primary N) is 1. The van der Waals surface area contributed by atoms with Crippen molar-refractivity contribution in [3.63, 3.8) is 0 Å². The Bertz CT molecular complexity index is 428. The number of benzene rings is 1. The number of hydrogen-bond donors (Lipinski definition) is 1. The van der Waals surface area contributed by atoms with Gasteiger partial charge in [-0.3, -0.25) is 4.79 Å². The second kappa shape index (κ2) is 5.67. The fourth-order valence-electron chi connectivity index (χ4n) is 1.78. The van der Waals surface area contributed by atoms with Crippen LogP contribution in [0, 0.1) is 5.82 Å². The molecule has 1 aliphatic rings. The van der Waals surface area contributed by atoms with Crippen molar-refractivity contribution in [2.24, 2.45) is 5.73 Å². The second-order valence-electron chi connectivity index (χ2n) is 3.93. The first-order valence-electron chi connectivity index (χ1n) is 5.08. The molecule has 0 aliphatic carbocycles. The normalized spacial score (nSPS) is 19.0. The summed E-state index contributed by atoms with van der Waals surface area (Å²) >= 11 is 5.62. The van der Waals surface area contributed by atoms with Crippen LogP contribution >= 0.6 is 24.0 Å². The Morgan fingerprint density at radius 3 is 2.76 bits per heavy atom. The highest BCUT2D eigenvalue weighted by molar-refractivity contribution is 6.31. The van der Waals surface area contributed by atoms with E-state index < -0.39 is 5.82 Å². The van der Waals surface area contributed by atoms with Crippen molar-refractivity contribution in [2.75, 3.05) is 13.1 Å². The number of amides is 1. The average molecular weight is 279 g/mol. The highest BCUT2D eigenvalue weighted by Gasteiger charge is 2.24. The molecule has 1 aromatic rings. The van der Waals surface area contributed by atoms with Crippen LogP contribution in [0.5, 0.6) is 0 Å². The van der Waals surface area contributed by atoms with E-state index in [0.717, 1.165) is 6.42 Å². The molecule has 94 valence electrons. The maximum absolute atomic E-state index is 12.9. The molecule has 0 spiro atoms. The van der Waals surface area contributed by atoms with E-state index in [1.54, 1.807) is 4.90 Å². The molecule has 2 N–H and O–H groups in total. The minimum atomic E-state index is -0.517. The number of hydrogen-bond acceptors (Lipinski definition) is 2. The topological polar surface area (TPSA) is 46.3 Å². The fraction of sp³-hybridized carbons (Fsp3) is 0.364. The Morgan fingerprint density at radius 1 is 1.53 bits per heavy atom. The number of carbonyl (C=O) groups excluding carboxylic acids is 1. The van der Waals surface area contributed by atoms with Crippen LogP contribution in [0.3, 0.4) is 0 Å². The zero-order chi connectivity index (χ0) is 11.7. The number of nitrogens with zero attached hydrogens (tertiary/aromatic N) is 1. The number of likely N-dealkylation sites (tertiary alicyclic amines) is 1. The summed E-state index contributed by atoms with van der Waals surface area (Å²) in [6, 6.07) is 4.03. The molecule has 1 aliphatic heterocycles. The molecule has 0 aromatic heterocycles. The number of halogens is 3. The van der Waals surface area contributed by atoms with Gasteiger partial charge in [0.15, 0.2) is 0 Å². The van der Waals surface area contributed by atoms with Gasteiger partial charge in [-0.1, -0.05) is 11.6 Å². The van der Waals surface area contributed by atoms with Crippen LogP contribution in [0.2, 0.25) is 5.02 Å². The van der Waals surface area contributed by atoms with Crippen LogP contribution in [-0.4, -0.2) is 29.9 Å². The lowest BCUT2D eigenvalue weighted by Crippen LogP contribution is -2.31. The highest BCUT2D eigenvalue weighted by Crippen LogP contribution is 2.18. The van der Waals surface area contributed by atoms with E-state index in [0.29, 0.717) is 18.7 Å². The van der Waals surface area contributed by atoms with E-state index in [1.165, 1.54) is 18.2 Å². The molecular formula is C11H13Cl2FN2O. The summed E-state index contributed by atoms with van der Waals surface area (Å²) in [7, 11) is 0. The summed E-state index contributed by atoms with van der Waals surface area (Å²) in [6.45, 7) is 1.20. The van der Waals surface area contributed by atoms with Gasteiger partial charge in [-0.15, -0.1) is 12.4 Å². The summed E-state index contributed by atoms with van der Waals surface area (Å²) in [5.41, 5.74) is 6.12. The van der Waals surface area contributed by atoms with E-state index in [-0.39, 0.29) is 29.4 Å². The average Bonchev–Trinajstić information content (AvgIpc) is 2.68. The zero-order valence-corrected chi connectivity index (χ0v) is 10.6. The van der Waals surface area contributed by atoms with Gasteiger partial charge in [-0.2, -0.15) is 0 Å². The van der Waals surface area contributed by atoms with Gasteiger partial charge < -0.3 is 10.6 Å².